The Bertz CT molecular complexity index is 543. The van der Waals surface area contributed by atoms with Gasteiger partial charge >= 0.3 is 0 Å². The summed E-state index contributed by atoms with van der Waals surface area (Å²) in [6, 6.07) is 0.411. The van der Waals surface area contributed by atoms with Gasteiger partial charge in [0.25, 0.3) is 0 Å². The molecule has 8 heteroatoms. The van der Waals surface area contributed by atoms with E-state index in [1.807, 2.05) is 7.05 Å². The van der Waals surface area contributed by atoms with Crippen LogP contribution < -0.4 is 0 Å². The summed E-state index contributed by atoms with van der Waals surface area (Å²) in [6.07, 6.45) is 2.32. The highest BCUT2D eigenvalue weighted by molar-refractivity contribution is 7.90. The zero-order valence-corrected chi connectivity index (χ0v) is 13.1. The van der Waals surface area contributed by atoms with Gasteiger partial charge in [-0.15, -0.1) is 0 Å². The predicted octanol–water partition coefficient (Wildman–Crippen LogP) is -0.0713. The summed E-state index contributed by atoms with van der Waals surface area (Å²) >= 11 is 0. The Kier molecular flexibility index (Phi) is 4.77. The van der Waals surface area contributed by atoms with Gasteiger partial charge < -0.3 is 9.42 Å². The van der Waals surface area contributed by atoms with Crippen molar-refractivity contribution in [3.63, 3.8) is 0 Å². The molecule has 114 valence electrons. The zero-order valence-electron chi connectivity index (χ0n) is 12.2. The van der Waals surface area contributed by atoms with Gasteiger partial charge in [0, 0.05) is 32.3 Å². The van der Waals surface area contributed by atoms with Crippen molar-refractivity contribution in [3.05, 3.63) is 11.7 Å². The van der Waals surface area contributed by atoms with Crippen LogP contribution in [0.25, 0.3) is 0 Å². The fraction of sp³-hybridized carbons (Fsp3) is 0.833. The molecule has 0 aromatic carbocycles. The van der Waals surface area contributed by atoms with Crippen molar-refractivity contribution in [1.29, 1.82) is 0 Å². The Hall–Kier alpha value is -0.990. The van der Waals surface area contributed by atoms with E-state index in [1.165, 1.54) is 6.26 Å². The minimum Gasteiger partial charge on any atom is -0.340 e. The van der Waals surface area contributed by atoms with Crippen LogP contribution in [-0.2, 0) is 16.4 Å². The molecule has 7 nitrogen and oxygen atoms in total. The number of nitrogens with zero attached hydrogens (tertiary/aromatic N) is 4. The molecular formula is C12H22N4O3S. The van der Waals surface area contributed by atoms with Gasteiger partial charge in [-0.3, -0.25) is 4.90 Å². The van der Waals surface area contributed by atoms with Crippen molar-refractivity contribution in [2.45, 2.75) is 25.9 Å². The molecule has 0 N–H and O–H groups in total. The van der Waals surface area contributed by atoms with E-state index in [0.717, 1.165) is 19.5 Å². The minimum atomic E-state index is -2.88. The lowest BCUT2D eigenvalue weighted by atomic mass is 10.2. The first-order valence-corrected chi connectivity index (χ1v) is 8.79. The second-order valence-corrected chi connectivity index (χ2v) is 7.78. The average molecular weight is 302 g/mol. The SMILES string of the molecule is Cc1nc(CN(C)[C@H]2CCN(CCS(C)(=O)=O)C2)no1. The Morgan fingerprint density at radius 1 is 1.50 bits per heavy atom. The van der Waals surface area contributed by atoms with Crippen LogP contribution in [0, 0.1) is 6.92 Å². The molecule has 1 aliphatic heterocycles. The fourth-order valence-electron chi connectivity index (χ4n) is 2.43. The van der Waals surface area contributed by atoms with E-state index in [0.29, 0.717) is 30.8 Å². The second kappa shape index (κ2) is 6.19. The summed E-state index contributed by atoms with van der Waals surface area (Å²) in [6.45, 7) is 4.88. The van der Waals surface area contributed by atoms with Crippen molar-refractivity contribution in [2.24, 2.45) is 0 Å². The quantitative estimate of drug-likeness (QED) is 0.727. The van der Waals surface area contributed by atoms with Crippen LogP contribution in [0.1, 0.15) is 18.1 Å². The molecule has 1 saturated heterocycles. The first kappa shape index (κ1) is 15.4. The van der Waals surface area contributed by atoms with Gasteiger partial charge in [0.2, 0.25) is 5.89 Å². The van der Waals surface area contributed by atoms with Gasteiger partial charge in [-0.05, 0) is 20.0 Å². The lowest BCUT2D eigenvalue weighted by molar-refractivity contribution is 0.220. The summed E-state index contributed by atoms with van der Waals surface area (Å²) in [5.41, 5.74) is 0. The smallest absolute Gasteiger partial charge is 0.223 e. The number of likely N-dealkylation sites (tertiary alicyclic amines) is 1. The predicted molar refractivity (Wildman–Crippen MR) is 75.1 cm³/mol. The van der Waals surface area contributed by atoms with Crippen LogP contribution in [0.5, 0.6) is 0 Å². The highest BCUT2D eigenvalue weighted by atomic mass is 32.2. The molecule has 2 heterocycles. The molecule has 0 bridgehead atoms. The van der Waals surface area contributed by atoms with Gasteiger partial charge in [-0.2, -0.15) is 4.98 Å². The van der Waals surface area contributed by atoms with E-state index in [-0.39, 0.29) is 5.75 Å². The first-order valence-electron chi connectivity index (χ1n) is 6.73. The third kappa shape index (κ3) is 4.53. The van der Waals surface area contributed by atoms with Crippen LogP contribution in [0.4, 0.5) is 0 Å². The van der Waals surface area contributed by atoms with E-state index < -0.39 is 9.84 Å². The van der Waals surface area contributed by atoms with Gasteiger partial charge in [-0.25, -0.2) is 8.42 Å². The highest BCUT2D eigenvalue weighted by Crippen LogP contribution is 2.15. The second-order valence-electron chi connectivity index (χ2n) is 5.52. The molecule has 0 radical (unpaired) electrons. The number of sulfone groups is 1. The highest BCUT2D eigenvalue weighted by Gasteiger charge is 2.26. The molecule has 0 spiro atoms. The van der Waals surface area contributed by atoms with E-state index >= 15 is 0 Å². The minimum absolute atomic E-state index is 0.230. The van der Waals surface area contributed by atoms with Crippen LogP contribution in [-0.4, -0.2) is 73.1 Å². The molecule has 20 heavy (non-hydrogen) atoms. The third-order valence-electron chi connectivity index (χ3n) is 3.61. The summed E-state index contributed by atoms with van der Waals surface area (Å²) in [5, 5.41) is 3.89. The Labute approximate surface area is 119 Å². The number of rotatable bonds is 6. The fourth-order valence-corrected chi connectivity index (χ4v) is 3.02. The summed E-state index contributed by atoms with van der Waals surface area (Å²) < 4.78 is 27.3. The molecule has 2 rings (SSSR count). The van der Waals surface area contributed by atoms with Crippen LogP contribution >= 0.6 is 0 Å². The van der Waals surface area contributed by atoms with Crippen molar-refractivity contribution >= 4 is 9.84 Å². The number of hydrogen-bond acceptors (Lipinski definition) is 7. The maximum absolute atomic E-state index is 11.2. The summed E-state index contributed by atoms with van der Waals surface area (Å²) in [4.78, 5) is 8.59. The molecule has 0 amide bonds. The van der Waals surface area contributed by atoms with Crippen molar-refractivity contribution in [3.8, 4) is 0 Å². The first-order chi connectivity index (χ1) is 9.33. The van der Waals surface area contributed by atoms with E-state index in [4.69, 9.17) is 4.52 Å². The summed E-state index contributed by atoms with van der Waals surface area (Å²) in [5.74, 6) is 1.50. The van der Waals surface area contributed by atoms with Crippen LogP contribution in [0.2, 0.25) is 0 Å². The maximum atomic E-state index is 11.2. The Balaban J connectivity index is 1.80. The van der Waals surface area contributed by atoms with Crippen LogP contribution in [0.3, 0.4) is 0 Å². The molecule has 1 aromatic heterocycles. The molecule has 1 atom stereocenters. The molecule has 0 unspecified atom stereocenters. The van der Waals surface area contributed by atoms with E-state index in [2.05, 4.69) is 19.9 Å². The van der Waals surface area contributed by atoms with Crippen LogP contribution in [0.15, 0.2) is 4.52 Å². The third-order valence-corrected chi connectivity index (χ3v) is 4.53. The van der Waals surface area contributed by atoms with Crippen molar-refractivity contribution in [1.82, 2.24) is 19.9 Å². The van der Waals surface area contributed by atoms with Gasteiger partial charge in [0.1, 0.15) is 9.84 Å². The topological polar surface area (TPSA) is 79.5 Å². The molecule has 1 aliphatic rings. The Morgan fingerprint density at radius 2 is 2.25 bits per heavy atom. The monoisotopic (exact) mass is 302 g/mol. The normalized spacial score (nSPS) is 20.9. The average Bonchev–Trinajstić information content (AvgIpc) is 2.95. The lowest BCUT2D eigenvalue weighted by Gasteiger charge is -2.23. The number of hydrogen-bond donors (Lipinski definition) is 0. The van der Waals surface area contributed by atoms with Gasteiger partial charge in [-0.1, -0.05) is 5.16 Å². The van der Waals surface area contributed by atoms with E-state index in [1.54, 1.807) is 6.92 Å². The van der Waals surface area contributed by atoms with Gasteiger partial charge in [0.05, 0.1) is 12.3 Å². The number of aromatic nitrogens is 2. The van der Waals surface area contributed by atoms with Gasteiger partial charge in [0.15, 0.2) is 5.82 Å². The molecule has 0 aliphatic carbocycles. The molecule has 1 fully saturated rings. The summed E-state index contributed by atoms with van der Waals surface area (Å²) in [7, 11) is -0.845. The zero-order chi connectivity index (χ0) is 14.8. The standard InChI is InChI=1S/C12H22N4O3S/c1-10-13-12(14-19-10)9-15(2)11-4-5-16(8-11)6-7-20(3,17)18/h11H,4-9H2,1-3H3/t11-/m0/s1. The van der Waals surface area contributed by atoms with Crippen molar-refractivity contribution in [2.75, 3.05) is 38.7 Å². The number of likely N-dealkylation sites (N-methyl/N-ethyl adjacent to an activating group) is 1. The van der Waals surface area contributed by atoms with E-state index in [9.17, 15) is 8.42 Å². The number of aryl methyl sites for hydroxylation is 1. The Morgan fingerprint density at radius 3 is 2.85 bits per heavy atom. The largest absolute Gasteiger partial charge is 0.340 e. The lowest BCUT2D eigenvalue weighted by Crippen LogP contribution is -2.35. The molecule has 1 aromatic rings. The maximum Gasteiger partial charge on any atom is 0.223 e. The molecular weight excluding hydrogens is 280 g/mol. The molecule has 0 saturated carbocycles. The van der Waals surface area contributed by atoms with Crippen molar-refractivity contribution < 1.29 is 12.9 Å².